The van der Waals surface area contributed by atoms with E-state index in [1.807, 2.05) is 18.2 Å². The van der Waals surface area contributed by atoms with E-state index in [9.17, 15) is 14.4 Å². The van der Waals surface area contributed by atoms with Crippen LogP contribution in [0.25, 0.3) is 0 Å². The molecule has 8 nitrogen and oxygen atoms in total. The molecule has 3 amide bonds. The summed E-state index contributed by atoms with van der Waals surface area (Å²) in [6.45, 7) is 2.27. The molecule has 0 bridgehead atoms. The molecule has 188 valence electrons. The quantitative estimate of drug-likeness (QED) is 0.623. The molecule has 36 heavy (non-hydrogen) atoms. The molecule has 1 aromatic heterocycles. The summed E-state index contributed by atoms with van der Waals surface area (Å²) < 4.78 is 6.53. The predicted octanol–water partition coefficient (Wildman–Crippen LogP) is 3.29. The number of amides is 3. The van der Waals surface area contributed by atoms with Gasteiger partial charge in [0.2, 0.25) is 11.8 Å². The average Bonchev–Trinajstić information content (AvgIpc) is 3.15. The first-order chi connectivity index (χ1) is 17.5. The highest BCUT2D eigenvalue weighted by Gasteiger charge is 2.41. The van der Waals surface area contributed by atoms with Crippen LogP contribution in [0.15, 0.2) is 36.5 Å². The second-order valence-corrected chi connectivity index (χ2v) is 10.7. The largest absolute Gasteiger partial charge is 0.489 e. The van der Waals surface area contributed by atoms with E-state index in [2.05, 4.69) is 15.2 Å². The first-order valence-corrected chi connectivity index (χ1v) is 13.1. The zero-order valence-electron chi connectivity index (χ0n) is 20.0. The van der Waals surface area contributed by atoms with Gasteiger partial charge in [-0.25, -0.2) is 0 Å². The Morgan fingerprint density at radius 1 is 1.03 bits per heavy atom. The highest BCUT2D eigenvalue weighted by Crippen LogP contribution is 2.36. The van der Waals surface area contributed by atoms with Crippen LogP contribution < -0.4 is 10.1 Å². The number of imide groups is 1. The maximum Gasteiger partial charge on any atom is 0.255 e. The van der Waals surface area contributed by atoms with Gasteiger partial charge in [0.05, 0.1) is 0 Å². The Balaban J connectivity index is 1.12. The maximum atomic E-state index is 13.0. The molecule has 9 heteroatoms. The van der Waals surface area contributed by atoms with E-state index in [-0.39, 0.29) is 24.3 Å². The Kier molecular flexibility index (Phi) is 6.17. The van der Waals surface area contributed by atoms with Crippen LogP contribution in [0.1, 0.15) is 66.1 Å². The number of likely N-dealkylation sites (tertiary alicyclic amines) is 1. The number of aromatic nitrogens is 1. The standard InChI is InChI=1S/C27H29ClN4O4/c28-18-9-10-29-21(12-18)17-13-31(14-17)22-3-1-2-4-24(22)36-19-5-6-20-16(11-19)15-32(27(20)35)23-7-8-25(33)30-26(23)34/h5-6,9-12,17,22-24H,1-4,7-8,13-15H2,(H,30,33,34)/t22-,23?,24-/m1/s1. The Hall–Kier alpha value is -2.97. The number of pyridine rings is 1. The number of carbonyl (C=O) groups excluding carboxylic acids is 3. The van der Waals surface area contributed by atoms with Crippen molar-refractivity contribution in [2.45, 2.75) is 69.2 Å². The van der Waals surface area contributed by atoms with E-state index in [0.29, 0.717) is 30.5 Å². The Labute approximate surface area is 214 Å². The van der Waals surface area contributed by atoms with Gasteiger partial charge in [-0.3, -0.25) is 29.6 Å². The van der Waals surface area contributed by atoms with E-state index < -0.39 is 11.9 Å². The van der Waals surface area contributed by atoms with Gasteiger partial charge in [-0.05, 0) is 61.6 Å². The zero-order chi connectivity index (χ0) is 24.8. The van der Waals surface area contributed by atoms with Crippen LogP contribution in [0.3, 0.4) is 0 Å². The molecule has 3 fully saturated rings. The summed E-state index contributed by atoms with van der Waals surface area (Å²) in [5.41, 5.74) is 2.52. The minimum atomic E-state index is -0.608. The molecule has 1 aliphatic carbocycles. The van der Waals surface area contributed by atoms with Gasteiger partial charge >= 0.3 is 0 Å². The topological polar surface area (TPSA) is 91.8 Å². The molecular weight excluding hydrogens is 480 g/mol. The number of hydrogen-bond acceptors (Lipinski definition) is 6. The average molecular weight is 509 g/mol. The SMILES string of the molecule is O=C1CCC(N2Cc3cc(O[C@@H]4CCCC[C@H]4N4CC(c5cc(Cl)ccn5)C4)ccc3C2=O)C(=O)N1. The van der Waals surface area contributed by atoms with E-state index in [0.717, 1.165) is 54.4 Å². The third kappa shape index (κ3) is 4.37. The van der Waals surface area contributed by atoms with Crippen molar-refractivity contribution in [2.75, 3.05) is 13.1 Å². The molecule has 2 aromatic rings. The molecule has 4 heterocycles. The summed E-state index contributed by atoms with van der Waals surface area (Å²) in [4.78, 5) is 45.4. The second kappa shape index (κ2) is 9.48. The van der Waals surface area contributed by atoms with Crippen molar-refractivity contribution >= 4 is 29.3 Å². The van der Waals surface area contributed by atoms with Crippen LogP contribution in [0.4, 0.5) is 0 Å². The molecule has 0 spiro atoms. The van der Waals surface area contributed by atoms with Gasteiger partial charge in [0.15, 0.2) is 0 Å². The van der Waals surface area contributed by atoms with Gasteiger partial charge in [-0.2, -0.15) is 0 Å². The smallest absolute Gasteiger partial charge is 0.255 e. The first kappa shape index (κ1) is 23.4. The Bertz CT molecular complexity index is 1210. The summed E-state index contributed by atoms with van der Waals surface area (Å²) in [5, 5.41) is 3.08. The number of hydrogen-bond donors (Lipinski definition) is 1. The van der Waals surface area contributed by atoms with Crippen molar-refractivity contribution in [1.82, 2.24) is 20.1 Å². The number of nitrogens with one attached hydrogen (secondary N) is 1. The van der Waals surface area contributed by atoms with Gasteiger partial charge < -0.3 is 9.64 Å². The van der Waals surface area contributed by atoms with Crippen LogP contribution in [-0.2, 0) is 16.1 Å². The minimum Gasteiger partial charge on any atom is -0.489 e. The van der Waals surface area contributed by atoms with Gasteiger partial charge in [-0.15, -0.1) is 0 Å². The lowest BCUT2D eigenvalue weighted by molar-refractivity contribution is -0.136. The fourth-order valence-electron chi connectivity index (χ4n) is 6.05. The molecule has 3 aliphatic heterocycles. The van der Waals surface area contributed by atoms with Crippen molar-refractivity contribution in [1.29, 1.82) is 0 Å². The number of nitrogens with zero attached hydrogens (tertiary/aromatic N) is 3. The van der Waals surface area contributed by atoms with E-state index in [4.69, 9.17) is 16.3 Å². The number of carbonyl (C=O) groups is 3. The van der Waals surface area contributed by atoms with E-state index >= 15 is 0 Å². The second-order valence-electron chi connectivity index (χ2n) is 10.3. The van der Waals surface area contributed by atoms with Gasteiger partial charge in [0, 0.05) is 60.5 Å². The van der Waals surface area contributed by atoms with Crippen molar-refractivity contribution in [2.24, 2.45) is 0 Å². The summed E-state index contributed by atoms with van der Waals surface area (Å²) in [6.07, 6.45) is 6.91. The van der Waals surface area contributed by atoms with Crippen LogP contribution in [-0.4, -0.2) is 63.8 Å². The highest BCUT2D eigenvalue weighted by molar-refractivity contribution is 6.30. The number of benzene rings is 1. The number of ether oxygens (including phenoxy) is 1. The van der Waals surface area contributed by atoms with Gasteiger partial charge in [0.25, 0.3) is 5.91 Å². The third-order valence-corrected chi connectivity index (χ3v) is 8.23. The molecule has 1 aromatic carbocycles. The molecule has 1 N–H and O–H groups in total. The first-order valence-electron chi connectivity index (χ1n) is 12.8. The molecular formula is C27H29ClN4O4. The maximum absolute atomic E-state index is 13.0. The lowest BCUT2D eigenvalue weighted by atomic mass is 9.85. The number of halogens is 1. The summed E-state index contributed by atoms with van der Waals surface area (Å²) in [6, 6.07) is 9.13. The fourth-order valence-corrected chi connectivity index (χ4v) is 6.21. The number of piperidine rings is 1. The molecule has 3 atom stereocenters. The molecule has 1 saturated carbocycles. The summed E-state index contributed by atoms with van der Waals surface area (Å²) >= 11 is 6.15. The van der Waals surface area contributed by atoms with Crippen molar-refractivity contribution in [3.05, 3.63) is 58.4 Å². The number of fused-ring (bicyclic) bond motifs is 1. The van der Waals surface area contributed by atoms with Crippen LogP contribution in [0.2, 0.25) is 5.02 Å². The van der Waals surface area contributed by atoms with Crippen LogP contribution in [0.5, 0.6) is 5.75 Å². The molecule has 4 aliphatic rings. The van der Waals surface area contributed by atoms with Gasteiger partial charge in [0.1, 0.15) is 17.9 Å². The molecule has 2 saturated heterocycles. The predicted molar refractivity (Wildman–Crippen MR) is 133 cm³/mol. The van der Waals surface area contributed by atoms with E-state index in [1.165, 1.54) is 6.42 Å². The fraction of sp³-hybridized carbons (Fsp3) is 0.481. The van der Waals surface area contributed by atoms with Crippen LogP contribution >= 0.6 is 11.6 Å². The lowest BCUT2D eigenvalue weighted by Crippen LogP contribution is -2.57. The summed E-state index contributed by atoms with van der Waals surface area (Å²) in [7, 11) is 0. The van der Waals surface area contributed by atoms with E-state index in [1.54, 1.807) is 23.2 Å². The normalized spacial score (nSPS) is 27.0. The van der Waals surface area contributed by atoms with Crippen molar-refractivity contribution < 1.29 is 19.1 Å². The Morgan fingerprint density at radius 3 is 2.67 bits per heavy atom. The lowest BCUT2D eigenvalue weighted by Gasteiger charge is -2.48. The number of rotatable bonds is 5. The zero-order valence-corrected chi connectivity index (χ0v) is 20.7. The molecule has 0 radical (unpaired) electrons. The molecule has 1 unspecified atom stereocenters. The minimum absolute atomic E-state index is 0.0911. The molecule has 6 rings (SSSR count). The monoisotopic (exact) mass is 508 g/mol. The highest BCUT2D eigenvalue weighted by atomic mass is 35.5. The Morgan fingerprint density at radius 2 is 1.86 bits per heavy atom. The third-order valence-electron chi connectivity index (χ3n) is 7.99. The van der Waals surface area contributed by atoms with Crippen molar-refractivity contribution in [3.63, 3.8) is 0 Å². The van der Waals surface area contributed by atoms with Gasteiger partial charge in [-0.1, -0.05) is 18.0 Å². The van der Waals surface area contributed by atoms with Crippen LogP contribution in [0, 0.1) is 0 Å². The van der Waals surface area contributed by atoms with Crippen molar-refractivity contribution in [3.8, 4) is 5.75 Å². The summed E-state index contributed by atoms with van der Waals surface area (Å²) in [5.74, 6) is 0.320.